The number of aromatic amines is 1. The predicted molar refractivity (Wildman–Crippen MR) is 103 cm³/mol. The minimum Gasteiger partial charge on any atom is -0.326 e. The van der Waals surface area contributed by atoms with Crippen LogP contribution in [0.15, 0.2) is 59.4 Å². The summed E-state index contributed by atoms with van der Waals surface area (Å²) < 4.78 is 38.4. The monoisotopic (exact) mass is 401 g/mol. The van der Waals surface area contributed by atoms with Gasteiger partial charge in [0.15, 0.2) is 0 Å². The van der Waals surface area contributed by atoms with Crippen molar-refractivity contribution in [3.05, 3.63) is 81.8 Å². The van der Waals surface area contributed by atoms with Crippen molar-refractivity contribution in [1.29, 1.82) is 0 Å². The van der Waals surface area contributed by atoms with E-state index in [2.05, 4.69) is 15.3 Å². The number of benzene rings is 2. The van der Waals surface area contributed by atoms with E-state index in [9.17, 15) is 22.8 Å². The number of carbonyl (C=O) groups is 1. The van der Waals surface area contributed by atoms with Crippen LogP contribution in [-0.2, 0) is 23.8 Å². The maximum atomic E-state index is 12.8. The van der Waals surface area contributed by atoms with Crippen molar-refractivity contribution >= 4 is 11.6 Å². The molecule has 2 aromatic carbocycles. The molecule has 3 rings (SSSR count). The molecule has 0 atom stereocenters. The third-order valence-corrected chi connectivity index (χ3v) is 4.20. The molecule has 0 spiro atoms. The molecule has 0 aliphatic rings. The Balaban J connectivity index is 1.76. The van der Waals surface area contributed by atoms with Crippen molar-refractivity contribution in [2.75, 3.05) is 5.32 Å². The summed E-state index contributed by atoms with van der Waals surface area (Å²) in [6.45, 7) is 1.88. The van der Waals surface area contributed by atoms with Gasteiger partial charge in [0.25, 0.3) is 5.56 Å². The average molecular weight is 401 g/mol. The zero-order valence-electron chi connectivity index (χ0n) is 15.5. The summed E-state index contributed by atoms with van der Waals surface area (Å²) >= 11 is 0. The normalized spacial score (nSPS) is 11.3. The molecular weight excluding hydrogens is 383 g/mol. The maximum Gasteiger partial charge on any atom is 0.416 e. The molecule has 8 heteroatoms. The number of hydrogen-bond acceptors (Lipinski definition) is 3. The van der Waals surface area contributed by atoms with Crippen LogP contribution in [0.25, 0.3) is 11.4 Å². The number of hydrogen-bond donors (Lipinski definition) is 2. The van der Waals surface area contributed by atoms with Crippen molar-refractivity contribution in [2.45, 2.75) is 25.9 Å². The number of nitrogens with one attached hydrogen (secondary N) is 2. The predicted octanol–water partition coefficient (Wildman–Crippen LogP) is 4.20. The molecule has 0 unspecified atom stereocenters. The molecule has 0 saturated heterocycles. The minimum atomic E-state index is -4.46. The van der Waals surface area contributed by atoms with Crippen molar-refractivity contribution in [3.8, 4) is 11.4 Å². The first-order valence-corrected chi connectivity index (χ1v) is 8.91. The first kappa shape index (κ1) is 20.3. The number of alkyl halides is 3. The lowest BCUT2D eigenvalue weighted by Crippen LogP contribution is -2.15. The van der Waals surface area contributed by atoms with Gasteiger partial charge in [0.05, 0.1) is 12.0 Å². The Bertz CT molecular complexity index is 1090. The molecule has 29 heavy (non-hydrogen) atoms. The van der Waals surface area contributed by atoms with Crippen LogP contribution in [0.3, 0.4) is 0 Å². The third kappa shape index (κ3) is 5.31. The van der Waals surface area contributed by atoms with Gasteiger partial charge in [-0.3, -0.25) is 9.59 Å². The van der Waals surface area contributed by atoms with E-state index >= 15 is 0 Å². The van der Waals surface area contributed by atoms with Gasteiger partial charge in [0, 0.05) is 23.0 Å². The van der Waals surface area contributed by atoms with E-state index in [0.29, 0.717) is 29.2 Å². The highest BCUT2D eigenvalue weighted by Crippen LogP contribution is 2.29. The van der Waals surface area contributed by atoms with Crippen molar-refractivity contribution < 1.29 is 18.0 Å². The molecule has 0 aliphatic heterocycles. The van der Waals surface area contributed by atoms with E-state index in [0.717, 1.165) is 12.1 Å². The number of anilines is 1. The maximum absolute atomic E-state index is 12.8. The van der Waals surface area contributed by atoms with Gasteiger partial charge in [-0.15, -0.1) is 0 Å². The van der Waals surface area contributed by atoms with Crippen LogP contribution in [0.5, 0.6) is 0 Å². The van der Waals surface area contributed by atoms with Crippen LogP contribution < -0.4 is 10.9 Å². The van der Waals surface area contributed by atoms with Gasteiger partial charge in [0.1, 0.15) is 5.82 Å². The topological polar surface area (TPSA) is 74.8 Å². The van der Waals surface area contributed by atoms with E-state index < -0.39 is 17.6 Å². The molecule has 5 nitrogen and oxygen atoms in total. The second-order valence-electron chi connectivity index (χ2n) is 6.44. The molecule has 0 radical (unpaired) electrons. The summed E-state index contributed by atoms with van der Waals surface area (Å²) in [5, 5.41) is 2.66. The van der Waals surface area contributed by atoms with Gasteiger partial charge in [0.2, 0.25) is 5.91 Å². The van der Waals surface area contributed by atoms with Crippen molar-refractivity contribution in [3.63, 3.8) is 0 Å². The van der Waals surface area contributed by atoms with Gasteiger partial charge in [-0.1, -0.05) is 37.3 Å². The highest BCUT2D eigenvalue weighted by Gasteiger charge is 2.30. The number of halogens is 3. The van der Waals surface area contributed by atoms with Gasteiger partial charge in [-0.25, -0.2) is 4.98 Å². The first-order chi connectivity index (χ1) is 13.7. The first-order valence-electron chi connectivity index (χ1n) is 8.91. The molecule has 150 valence electrons. The summed E-state index contributed by atoms with van der Waals surface area (Å²) in [4.78, 5) is 31.1. The second kappa shape index (κ2) is 8.30. The van der Waals surface area contributed by atoms with E-state index in [4.69, 9.17) is 0 Å². The number of aromatic nitrogens is 2. The zero-order chi connectivity index (χ0) is 21.0. The van der Waals surface area contributed by atoms with E-state index in [-0.39, 0.29) is 17.5 Å². The molecular formula is C21H18F3N3O2. The standard InChI is InChI=1S/C21H18F3N3O2/c1-2-16-12-19(29)27-20(26-16)14-6-4-8-17(11-14)25-18(28)10-13-5-3-7-15(9-13)21(22,23)24/h3-9,11-12H,2,10H2,1H3,(H,25,28)(H,26,27,29). The fourth-order valence-electron chi connectivity index (χ4n) is 2.82. The molecule has 0 saturated carbocycles. The summed E-state index contributed by atoms with van der Waals surface area (Å²) in [6.07, 6.45) is -4.06. The summed E-state index contributed by atoms with van der Waals surface area (Å²) in [5.41, 5.74) is 0.887. The molecule has 3 aromatic rings. The van der Waals surface area contributed by atoms with Crippen LogP contribution in [0.2, 0.25) is 0 Å². The van der Waals surface area contributed by atoms with Crippen LogP contribution >= 0.6 is 0 Å². The Morgan fingerprint density at radius 3 is 2.59 bits per heavy atom. The highest BCUT2D eigenvalue weighted by molar-refractivity contribution is 5.92. The number of aryl methyl sites for hydroxylation is 1. The molecule has 1 amide bonds. The number of nitrogens with zero attached hydrogens (tertiary/aromatic N) is 1. The summed E-state index contributed by atoms with van der Waals surface area (Å²) in [6, 6.07) is 12.8. The highest BCUT2D eigenvalue weighted by atomic mass is 19.4. The van der Waals surface area contributed by atoms with E-state index in [1.807, 2.05) is 6.92 Å². The lowest BCUT2D eigenvalue weighted by Gasteiger charge is -2.10. The number of H-pyrrole nitrogens is 1. The Hall–Kier alpha value is -3.42. The molecule has 1 heterocycles. The summed E-state index contributed by atoms with van der Waals surface area (Å²) in [5.74, 6) is -0.0754. The van der Waals surface area contributed by atoms with Crippen LogP contribution in [0.1, 0.15) is 23.7 Å². The van der Waals surface area contributed by atoms with Gasteiger partial charge < -0.3 is 10.3 Å². The van der Waals surface area contributed by atoms with Crippen LogP contribution in [0.4, 0.5) is 18.9 Å². The Morgan fingerprint density at radius 2 is 1.86 bits per heavy atom. The Morgan fingerprint density at radius 1 is 1.10 bits per heavy atom. The van der Waals surface area contributed by atoms with E-state index in [1.54, 1.807) is 24.3 Å². The number of amides is 1. The third-order valence-electron chi connectivity index (χ3n) is 4.20. The quantitative estimate of drug-likeness (QED) is 0.673. The zero-order valence-corrected chi connectivity index (χ0v) is 15.5. The fourth-order valence-corrected chi connectivity index (χ4v) is 2.82. The molecule has 2 N–H and O–H groups in total. The lowest BCUT2D eigenvalue weighted by molar-refractivity contribution is -0.137. The second-order valence-corrected chi connectivity index (χ2v) is 6.44. The smallest absolute Gasteiger partial charge is 0.326 e. The molecule has 0 fully saturated rings. The minimum absolute atomic E-state index is 0.200. The SMILES string of the molecule is CCc1cc(=O)[nH]c(-c2cccc(NC(=O)Cc3cccc(C(F)(F)F)c3)c2)n1. The van der Waals surface area contributed by atoms with Gasteiger partial charge >= 0.3 is 6.18 Å². The van der Waals surface area contributed by atoms with Crippen LogP contribution in [-0.4, -0.2) is 15.9 Å². The Kier molecular flexibility index (Phi) is 5.81. The molecule has 0 aliphatic carbocycles. The van der Waals surface area contributed by atoms with Gasteiger partial charge in [-0.2, -0.15) is 13.2 Å². The largest absolute Gasteiger partial charge is 0.416 e. The molecule has 1 aromatic heterocycles. The average Bonchev–Trinajstić information content (AvgIpc) is 2.67. The van der Waals surface area contributed by atoms with E-state index in [1.165, 1.54) is 18.2 Å². The van der Waals surface area contributed by atoms with Crippen LogP contribution in [0, 0.1) is 0 Å². The molecule has 0 bridgehead atoms. The number of carbonyl (C=O) groups excluding carboxylic acids is 1. The number of rotatable bonds is 5. The Labute approximate surface area is 164 Å². The van der Waals surface area contributed by atoms with Gasteiger partial charge in [-0.05, 0) is 30.2 Å². The van der Waals surface area contributed by atoms with Crippen molar-refractivity contribution in [1.82, 2.24) is 9.97 Å². The van der Waals surface area contributed by atoms with Crippen molar-refractivity contribution in [2.24, 2.45) is 0 Å². The lowest BCUT2D eigenvalue weighted by atomic mass is 10.1. The fraction of sp³-hybridized carbons (Fsp3) is 0.190. The summed E-state index contributed by atoms with van der Waals surface area (Å²) in [7, 11) is 0.